The van der Waals surface area contributed by atoms with Crippen LogP contribution in [0.5, 0.6) is 5.88 Å². The molecular weight excluding hydrogens is 192 g/mol. The predicted molar refractivity (Wildman–Crippen MR) is 55.8 cm³/mol. The Morgan fingerprint density at radius 2 is 2.13 bits per heavy atom. The van der Waals surface area contributed by atoms with Gasteiger partial charge in [-0.3, -0.25) is 0 Å². The van der Waals surface area contributed by atoms with Gasteiger partial charge in [0.1, 0.15) is 0 Å². The molecule has 0 amide bonds. The SMILES string of the molecule is CCCc1cc(O)n2nc(CC)nc2n1. The minimum absolute atomic E-state index is 0.107. The molecule has 0 aromatic carbocycles. The highest BCUT2D eigenvalue weighted by molar-refractivity contribution is 5.33. The van der Waals surface area contributed by atoms with Gasteiger partial charge in [0, 0.05) is 18.2 Å². The molecule has 2 aromatic rings. The second kappa shape index (κ2) is 3.84. The van der Waals surface area contributed by atoms with Crippen molar-refractivity contribution >= 4 is 5.78 Å². The first-order valence-electron chi connectivity index (χ1n) is 5.19. The lowest BCUT2D eigenvalue weighted by molar-refractivity contribution is 0.433. The summed E-state index contributed by atoms with van der Waals surface area (Å²) in [6, 6.07) is 1.64. The first-order chi connectivity index (χ1) is 7.24. The van der Waals surface area contributed by atoms with Crippen LogP contribution >= 0.6 is 0 Å². The highest BCUT2D eigenvalue weighted by Crippen LogP contribution is 2.13. The van der Waals surface area contributed by atoms with Crippen LogP contribution in [0.15, 0.2) is 6.07 Å². The van der Waals surface area contributed by atoms with Crippen LogP contribution < -0.4 is 0 Å². The highest BCUT2D eigenvalue weighted by atomic mass is 16.3. The molecule has 0 spiro atoms. The molecular formula is C10H14N4O. The number of hydrogen-bond acceptors (Lipinski definition) is 4. The van der Waals surface area contributed by atoms with Gasteiger partial charge in [0.05, 0.1) is 0 Å². The number of aryl methyl sites for hydroxylation is 2. The Morgan fingerprint density at radius 3 is 2.80 bits per heavy atom. The molecule has 2 rings (SSSR count). The summed E-state index contributed by atoms with van der Waals surface area (Å²) in [5.41, 5.74) is 0.859. The predicted octanol–water partition coefficient (Wildman–Crippen LogP) is 1.34. The van der Waals surface area contributed by atoms with Crippen molar-refractivity contribution in [1.82, 2.24) is 19.6 Å². The van der Waals surface area contributed by atoms with Crippen LogP contribution in [-0.4, -0.2) is 24.7 Å². The summed E-state index contributed by atoms with van der Waals surface area (Å²) >= 11 is 0. The second-order valence-corrected chi connectivity index (χ2v) is 3.45. The van der Waals surface area contributed by atoms with E-state index >= 15 is 0 Å². The molecule has 0 bridgehead atoms. The summed E-state index contributed by atoms with van der Waals surface area (Å²) in [4.78, 5) is 8.54. The maximum atomic E-state index is 9.71. The Morgan fingerprint density at radius 1 is 1.33 bits per heavy atom. The number of fused-ring (bicyclic) bond motifs is 1. The van der Waals surface area contributed by atoms with Gasteiger partial charge in [-0.15, -0.1) is 5.10 Å². The van der Waals surface area contributed by atoms with Gasteiger partial charge in [0.2, 0.25) is 5.88 Å². The van der Waals surface area contributed by atoms with E-state index < -0.39 is 0 Å². The summed E-state index contributed by atoms with van der Waals surface area (Å²) in [5, 5.41) is 13.8. The quantitative estimate of drug-likeness (QED) is 0.823. The fourth-order valence-electron chi connectivity index (χ4n) is 1.48. The van der Waals surface area contributed by atoms with Gasteiger partial charge >= 0.3 is 0 Å². The van der Waals surface area contributed by atoms with E-state index in [1.165, 1.54) is 4.52 Å². The first-order valence-corrected chi connectivity index (χ1v) is 5.19. The van der Waals surface area contributed by atoms with Gasteiger partial charge < -0.3 is 5.11 Å². The normalized spacial score (nSPS) is 11.1. The van der Waals surface area contributed by atoms with E-state index in [2.05, 4.69) is 22.0 Å². The van der Waals surface area contributed by atoms with Crippen molar-refractivity contribution in [2.45, 2.75) is 33.1 Å². The van der Waals surface area contributed by atoms with Crippen molar-refractivity contribution in [3.63, 3.8) is 0 Å². The van der Waals surface area contributed by atoms with Gasteiger partial charge in [0.25, 0.3) is 5.78 Å². The number of rotatable bonds is 3. The number of nitrogens with zero attached hydrogens (tertiary/aromatic N) is 4. The van der Waals surface area contributed by atoms with Crippen LogP contribution in [0, 0.1) is 0 Å². The fraction of sp³-hybridized carbons (Fsp3) is 0.500. The monoisotopic (exact) mass is 206 g/mol. The molecule has 0 atom stereocenters. The van der Waals surface area contributed by atoms with E-state index in [1.54, 1.807) is 6.07 Å². The van der Waals surface area contributed by atoms with Gasteiger partial charge in [-0.1, -0.05) is 20.3 Å². The minimum atomic E-state index is 0.107. The third kappa shape index (κ3) is 1.77. The van der Waals surface area contributed by atoms with Gasteiger partial charge in [-0.05, 0) is 6.42 Å². The Kier molecular flexibility index (Phi) is 2.53. The van der Waals surface area contributed by atoms with Crippen molar-refractivity contribution in [2.75, 3.05) is 0 Å². The number of aromatic hydroxyl groups is 1. The molecule has 0 saturated heterocycles. The smallest absolute Gasteiger partial charge is 0.255 e. The highest BCUT2D eigenvalue weighted by Gasteiger charge is 2.08. The lowest BCUT2D eigenvalue weighted by atomic mass is 10.2. The molecule has 5 nitrogen and oxygen atoms in total. The van der Waals surface area contributed by atoms with Crippen LogP contribution in [-0.2, 0) is 12.8 Å². The van der Waals surface area contributed by atoms with Crippen LogP contribution in [0.4, 0.5) is 0 Å². The van der Waals surface area contributed by atoms with Crippen LogP contribution in [0.3, 0.4) is 0 Å². The number of aromatic nitrogens is 4. The molecule has 80 valence electrons. The zero-order valence-corrected chi connectivity index (χ0v) is 8.93. The molecule has 5 heteroatoms. The molecule has 0 radical (unpaired) electrons. The van der Waals surface area contributed by atoms with Crippen LogP contribution in [0.2, 0.25) is 0 Å². The average molecular weight is 206 g/mol. The average Bonchev–Trinajstić information content (AvgIpc) is 2.62. The summed E-state index contributed by atoms with van der Waals surface area (Å²) in [5.74, 6) is 1.29. The topological polar surface area (TPSA) is 63.3 Å². The van der Waals surface area contributed by atoms with E-state index in [-0.39, 0.29) is 5.88 Å². The largest absolute Gasteiger partial charge is 0.493 e. The lowest BCUT2D eigenvalue weighted by Gasteiger charge is -1.99. The van der Waals surface area contributed by atoms with Crippen molar-refractivity contribution in [3.8, 4) is 5.88 Å². The summed E-state index contributed by atoms with van der Waals surface area (Å²) in [6.07, 6.45) is 2.58. The van der Waals surface area contributed by atoms with E-state index in [0.29, 0.717) is 11.6 Å². The van der Waals surface area contributed by atoms with E-state index in [0.717, 1.165) is 25.0 Å². The Balaban J connectivity index is 2.54. The van der Waals surface area contributed by atoms with E-state index in [9.17, 15) is 5.11 Å². The standard InChI is InChI=1S/C10H14N4O/c1-3-5-7-6-9(15)14-10(11-7)12-8(4-2)13-14/h6,15H,3-5H2,1-2H3. The Hall–Kier alpha value is -1.65. The van der Waals surface area contributed by atoms with Crippen molar-refractivity contribution in [2.24, 2.45) is 0 Å². The molecule has 0 aliphatic rings. The summed E-state index contributed by atoms with van der Waals surface area (Å²) < 4.78 is 1.37. The van der Waals surface area contributed by atoms with Crippen LogP contribution in [0.25, 0.3) is 5.78 Å². The maximum Gasteiger partial charge on any atom is 0.255 e. The molecule has 15 heavy (non-hydrogen) atoms. The zero-order valence-electron chi connectivity index (χ0n) is 8.93. The number of hydrogen-bond donors (Lipinski definition) is 1. The zero-order chi connectivity index (χ0) is 10.8. The Bertz CT molecular complexity index is 477. The fourth-order valence-corrected chi connectivity index (χ4v) is 1.48. The van der Waals surface area contributed by atoms with Gasteiger partial charge in [-0.2, -0.15) is 9.50 Å². The van der Waals surface area contributed by atoms with Crippen molar-refractivity contribution in [1.29, 1.82) is 0 Å². The molecule has 0 aliphatic heterocycles. The Labute approximate surface area is 87.8 Å². The molecule has 1 N–H and O–H groups in total. The summed E-state index contributed by atoms with van der Waals surface area (Å²) in [7, 11) is 0. The van der Waals surface area contributed by atoms with Crippen molar-refractivity contribution in [3.05, 3.63) is 17.6 Å². The van der Waals surface area contributed by atoms with Crippen LogP contribution in [0.1, 0.15) is 31.8 Å². The van der Waals surface area contributed by atoms with E-state index in [1.807, 2.05) is 6.92 Å². The van der Waals surface area contributed by atoms with Gasteiger partial charge in [-0.25, -0.2) is 4.98 Å². The molecule has 0 aliphatic carbocycles. The molecule has 2 aromatic heterocycles. The maximum absolute atomic E-state index is 9.71. The second-order valence-electron chi connectivity index (χ2n) is 3.45. The van der Waals surface area contributed by atoms with Gasteiger partial charge in [0.15, 0.2) is 5.82 Å². The molecule has 2 heterocycles. The lowest BCUT2D eigenvalue weighted by Crippen LogP contribution is -1.96. The molecule has 0 saturated carbocycles. The third-order valence-electron chi connectivity index (χ3n) is 2.21. The first kappa shape index (κ1) is 9.89. The third-order valence-corrected chi connectivity index (χ3v) is 2.21. The van der Waals surface area contributed by atoms with E-state index in [4.69, 9.17) is 0 Å². The summed E-state index contributed by atoms with van der Waals surface area (Å²) in [6.45, 7) is 4.04. The molecule has 0 fully saturated rings. The minimum Gasteiger partial charge on any atom is -0.493 e. The van der Waals surface area contributed by atoms with Crippen molar-refractivity contribution < 1.29 is 5.11 Å². The molecule has 0 unspecified atom stereocenters.